The molecule has 0 radical (unpaired) electrons. The van der Waals surface area contributed by atoms with Gasteiger partial charge in [0.05, 0.1) is 0 Å². The summed E-state index contributed by atoms with van der Waals surface area (Å²) >= 11 is 1.99. The fourth-order valence-electron chi connectivity index (χ4n) is 2.66. The van der Waals surface area contributed by atoms with Crippen molar-refractivity contribution in [2.24, 2.45) is 10.9 Å². The molecule has 0 aliphatic heterocycles. The summed E-state index contributed by atoms with van der Waals surface area (Å²) < 4.78 is 0. The summed E-state index contributed by atoms with van der Waals surface area (Å²) in [6.07, 6.45) is 7.43. The van der Waals surface area contributed by atoms with Gasteiger partial charge >= 0.3 is 0 Å². The Morgan fingerprint density at radius 1 is 1.40 bits per heavy atom. The monoisotopic (exact) mass is 293 g/mol. The lowest BCUT2D eigenvalue weighted by atomic mass is 9.95. The second-order valence-corrected chi connectivity index (χ2v) is 6.42. The van der Waals surface area contributed by atoms with Gasteiger partial charge in [-0.1, -0.05) is 35.8 Å². The molecule has 1 fully saturated rings. The number of amidine groups is 1. The molecule has 2 rings (SSSR count). The third-order valence-electron chi connectivity index (χ3n) is 3.91. The normalized spacial score (nSPS) is 23.8. The van der Waals surface area contributed by atoms with Crippen molar-refractivity contribution in [3.63, 3.8) is 0 Å². The molecule has 1 aliphatic rings. The fourth-order valence-corrected chi connectivity index (χ4v) is 3.48. The minimum Gasteiger partial charge on any atom is -0.409 e. The predicted molar refractivity (Wildman–Crippen MR) is 85.4 cm³/mol. The van der Waals surface area contributed by atoms with E-state index in [0.717, 1.165) is 17.4 Å². The average Bonchev–Trinajstić information content (AvgIpc) is 2.53. The second-order valence-electron chi connectivity index (χ2n) is 5.28. The molecule has 110 valence electrons. The lowest BCUT2D eigenvalue weighted by molar-refractivity contribution is 0.318. The van der Waals surface area contributed by atoms with Gasteiger partial charge in [0.15, 0.2) is 5.84 Å². The SMILES string of the molecule is CSC1CCCC(NCc2ccc(/C(N)=N/O)cc2)C1. The molecule has 5 heteroatoms. The van der Waals surface area contributed by atoms with E-state index in [0.29, 0.717) is 6.04 Å². The standard InChI is InChI=1S/C15H23N3OS/c1-20-14-4-2-3-13(9-14)17-10-11-5-7-12(8-6-11)15(16)18-19/h5-8,13-14,17,19H,2-4,9-10H2,1H3,(H2,16,18). The van der Waals surface area contributed by atoms with Crippen LogP contribution in [-0.4, -0.2) is 28.6 Å². The molecular weight excluding hydrogens is 270 g/mol. The average molecular weight is 293 g/mol. The second kappa shape index (κ2) is 7.55. The van der Waals surface area contributed by atoms with Crippen molar-refractivity contribution in [3.8, 4) is 0 Å². The summed E-state index contributed by atoms with van der Waals surface area (Å²) in [7, 11) is 0. The molecular formula is C15H23N3OS. The number of nitrogens with one attached hydrogen (secondary N) is 1. The van der Waals surface area contributed by atoms with E-state index in [2.05, 4.69) is 16.7 Å². The van der Waals surface area contributed by atoms with E-state index in [4.69, 9.17) is 10.9 Å². The van der Waals surface area contributed by atoms with Crippen LogP contribution in [0.1, 0.15) is 36.8 Å². The highest BCUT2D eigenvalue weighted by atomic mass is 32.2. The van der Waals surface area contributed by atoms with Crippen LogP contribution in [0.4, 0.5) is 0 Å². The van der Waals surface area contributed by atoms with Gasteiger partial charge in [0.2, 0.25) is 0 Å². The van der Waals surface area contributed by atoms with E-state index in [1.54, 1.807) is 0 Å². The third-order valence-corrected chi connectivity index (χ3v) is 5.01. The van der Waals surface area contributed by atoms with Crippen molar-refractivity contribution in [1.29, 1.82) is 0 Å². The number of rotatable bonds is 5. The molecule has 2 atom stereocenters. The molecule has 0 bridgehead atoms. The largest absolute Gasteiger partial charge is 0.409 e. The van der Waals surface area contributed by atoms with E-state index < -0.39 is 0 Å². The Hall–Kier alpha value is -1.20. The van der Waals surface area contributed by atoms with Crippen LogP contribution in [-0.2, 0) is 6.54 Å². The number of oxime groups is 1. The predicted octanol–water partition coefficient (Wildman–Crippen LogP) is 2.54. The Morgan fingerprint density at radius 2 is 2.15 bits per heavy atom. The molecule has 4 N–H and O–H groups in total. The lowest BCUT2D eigenvalue weighted by Crippen LogP contribution is -2.34. The van der Waals surface area contributed by atoms with E-state index >= 15 is 0 Å². The van der Waals surface area contributed by atoms with Crippen molar-refractivity contribution in [2.75, 3.05) is 6.26 Å². The van der Waals surface area contributed by atoms with Gasteiger partial charge in [0.1, 0.15) is 0 Å². The van der Waals surface area contributed by atoms with Crippen LogP contribution in [0.2, 0.25) is 0 Å². The first-order valence-corrected chi connectivity index (χ1v) is 8.34. The van der Waals surface area contributed by atoms with E-state index in [-0.39, 0.29) is 5.84 Å². The molecule has 4 nitrogen and oxygen atoms in total. The summed E-state index contributed by atoms with van der Waals surface area (Å²) in [4.78, 5) is 0. The zero-order chi connectivity index (χ0) is 14.4. The third kappa shape index (κ3) is 4.15. The molecule has 2 unspecified atom stereocenters. The molecule has 0 aromatic heterocycles. The summed E-state index contributed by atoms with van der Waals surface area (Å²) in [6.45, 7) is 0.877. The Bertz CT molecular complexity index is 447. The molecule has 1 aromatic rings. The van der Waals surface area contributed by atoms with Crippen LogP contribution in [0.3, 0.4) is 0 Å². The smallest absolute Gasteiger partial charge is 0.170 e. The first-order valence-electron chi connectivity index (χ1n) is 7.06. The molecule has 0 amide bonds. The highest BCUT2D eigenvalue weighted by molar-refractivity contribution is 7.99. The molecule has 20 heavy (non-hydrogen) atoms. The van der Waals surface area contributed by atoms with Crippen LogP contribution < -0.4 is 11.1 Å². The molecule has 0 saturated heterocycles. The van der Waals surface area contributed by atoms with Crippen molar-refractivity contribution in [3.05, 3.63) is 35.4 Å². The minimum absolute atomic E-state index is 0.152. The molecule has 1 aromatic carbocycles. The summed E-state index contributed by atoms with van der Waals surface area (Å²) in [5.41, 5.74) is 7.52. The van der Waals surface area contributed by atoms with Crippen molar-refractivity contribution < 1.29 is 5.21 Å². The number of thioether (sulfide) groups is 1. The van der Waals surface area contributed by atoms with Gasteiger partial charge in [-0.05, 0) is 31.1 Å². The molecule has 1 aliphatic carbocycles. The topological polar surface area (TPSA) is 70.6 Å². The Kier molecular flexibility index (Phi) is 5.73. The molecule has 1 saturated carbocycles. The Labute approximate surface area is 124 Å². The van der Waals surface area contributed by atoms with Crippen LogP contribution >= 0.6 is 11.8 Å². The van der Waals surface area contributed by atoms with E-state index in [1.165, 1.54) is 31.2 Å². The van der Waals surface area contributed by atoms with Gasteiger partial charge in [-0.3, -0.25) is 0 Å². The first kappa shape index (κ1) is 15.2. The van der Waals surface area contributed by atoms with Gasteiger partial charge in [-0.25, -0.2) is 0 Å². The van der Waals surface area contributed by atoms with Crippen LogP contribution in [0.25, 0.3) is 0 Å². The Morgan fingerprint density at radius 3 is 2.80 bits per heavy atom. The van der Waals surface area contributed by atoms with E-state index in [1.807, 2.05) is 36.0 Å². The summed E-state index contributed by atoms with van der Waals surface area (Å²) in [5, 5.41) is 16.1. The molecule has 0 spiro atoms. The van der Waals surface area contributed by atoms with Crippen molar-refractivity contribution >= 4 is 17.6 Å². The van der Waals surface area contributed by atoms with Gasteiger partial charge in [-0.2, -0.15) is 11.8 Å². The zero-order valence-corrected chi connectivity index (χ0v) is 12.7. The number of hydrogen-bond donors (Lipinski definition) is 3. The van der Waals surface area contributed by atoms with E-state index in [9.17, 15) is 0 Å². The number of nitrogens with zero attached hydrogens (tertiary/aromatic N) is 1. The maximum Gasteiger partial charge on any atom is 0.170 e. The fraction of sp³-hybridized carbons (Fsp3) is 0.533. The number of benzene rings is 1. The highest BCUT2D eigenvalue weighted by Crippen LogP contribution is 2.27. The van der Waals surface area contributed by atoms with Crippen LogP contribution in [0, 0.1) is 0 Å². The van der Waals surface area contributed by atoms with Crippen molar-refractivity contribution in [1.82, 2.24) is 5.32 Å². The minimum atomic E-state index is 0.152. The quantitative estimate of drug-likeness (QED) is 0.338. The molecule has 0 heterocycles. The zero-order valence-electron chi connectivity index (χ0n) is 11.9. The van der Waals surface area contributed by atoms with Crippen LogP contribution in [0.5, 0.6) is 0 Å². The highest BCUT2D eigenvalue weighted by Gasteiger charge is 2.20. The Balaban J connectivity index is 1.84. The number of hydrogen-bond acceptors (Lipinski definition) is 4. The van der Waals surface area contributed by atoms with Gasteiger partial charge in [0.25, 0.3) is 0 Å². The summed E-state index contributed by atoms with van der Waals surface area (Å²) in [5.74, 6) is 0.152. The van der Waals surface area contributed by atoms with Gasteiger partial charge < -0.3 is 16.3 Å². The number of nitrogens with two attached hydrogens (primary N) is 1. The lowest BCUT2D eigenvalue weighted by Gasteiger charge is -2.28. The van der Waals surface area contributed by atoms with Crippen molar-refractivity contribution in [2.45, 2.75) is 43.5 Å². The first-order chi connectivity index (χ1) is 9.72. The maximum atomic E-state index is 8.63. The van der Waals surface area contributed by atoms with Gasteiger partial charge in [0, 0.05) is 23.4 Å². The van der Waals surface area contributed by atoms with Crippen LogP contribution in [0.15, 0.2) is 29.4 Å². The van der Waals surface area contributed by atoms with Gasteiger partial charge in [-0.15, -0.1) is 0 Å². The maximum absolute atomic E-state index is 8.63. The summed E-state index contributed by atoms with van der Waals surface area (Å²) in [6, 6.07) is 8.45.